The lowest BCUT2D eigenvalue weighted by Gasteiger charge is -2.09. The highest BCUT2D eigenvalue weighted by Crippen LogP contribution is 2.23. The van der Waals surface area contributed by atoms with E-state index in [1.165, 1.54) is 12.1 Å². The molecule has 0 radical (unpaired) electrons. The lowest BCUT2D eigenvalue weighted by molar-refractivity contribution is -0.113. The van der Waals surface area contributed by atoms with Crippen LogP contribution in [0.2, 0.25) is 0 Å². The first-order valence-corrected chi connectivity index (χ1v) is 11.7. The number of rotatable bonds is 6. The molecule has 0 atom stereocenters. The van der Waals surface area contributed by atoms with E-state index in [1.54, 1.807) is 38.1 Å². The molecule has 1 amide bonds. The van der Waals surface area contributed by atoms with Crippen molar-refractivity contribution in [2.24, 2.45) is 0 Å². The topological polar surface area (TPSA) is 109 Å². The number of thioether (sulfide) groups is 1. The number of anilines is 1. The molecule has 0 fully saturated rings. The molecule has 0 bridgehead atoms. The van der Waals surface area contributed by atoms with Gasteiger partial charge >= 0.3 is 0 Å². The second-order valence-corrected chi connectivity index (χ2v) is 9.81. The number of nitrogens with one attached hydrogen (secondary N) is 2. The van der Waals surface area contributed by atoms with Gasteiger partial charge < -0.3 is 10.3 Å². The van der Waals surface area contributed by atoms with E-state index in [1.807, 2.05) is 6.92 Å². The van der Waals surface area contributed by atoms with Gasteiger partial charge in [0.2, 0.25) is 15.7 Å². The molecule has 0 aliphatic rings. The van der Waals surface area contributed by atoms with Crippen molar-refractivity contribution in [3.8, 4) is 0 Å². The fourth-order valence-corrected chi connectivity index (χ4v) is 4.94. The van der Waals surface area contributed by atoms with Gasteiger partial charge in [0.25, 0.3) is 5.56 Å². The number of halogens is 1. The molecular formula is C21H20FN3O4S2. The van der Waals surface area contributed by atoms with Gasteiger partial charge in [0.1, 0.15) is 5.82 Å². The van der Waals surface area contributed by atoms with Gasteiger partial charge in [-0.25, -0.2) is 17.8 Å². The molecule has 0 aliphatic heterocycles. The summed E-state index contributed by atoms with van der Waals surface area (Å²) in [5.74, 6) is -0.971. The van der Waals surface area contributed by atoms with Gasteiger partial charge in [0.05, 0.1) is 16.8 Å². The van der Waals surface area contributed by atoms with Gasteiger partial charge in [-0.2, -0.15) is 0 Å². The largest absolute Gasteiger partial charge is 0.325 e. The van der Waals surface area contributed by atoms with E-state index >= 15 is 0 Å². The maximum absolute atomic E-state index is 13.6. The zero-order valence-electron chi connectivity index (χ0n) is 17.0. The molecular weight excluding hydrogens is 441 g/mol. The fourth-order valence-electron chi connectivity index (χ4n) is 2.85. The molecule has 31 heavy (non-hydrogen) atoms. The molecule has 3 rings (SSSR count). The Morgan fingerprint density at radius 3 is 2.48 bits per heavy atom. The number of amides is 1. The minimum absolute atomic E-state index is 0.0375. The third-order valence-electron chi connectivity index (χ3n) is 4.45. The van der Waals surface area contributed by atoms with Crippen LogP contribution in [0.1, 0.15) is 16.7 Å². The van der Waals surface area contributed by atoms with Crippen LogP contribution in [0.25, 0.3) is 0 Å². The minimum atomic E-state index is -4.04. The van der Waals surface area contributed by atoms with Crippen LogP contribution in [-0.2, 0) is 14.6 Å². The fraction of sp³-hybridized carbons (Fsp3) is 0.190. The van der Waals surface area contributed by atoms with Crippen molar-refractivity contribution in [3.63, 3.8) is 0 Å². The van der Waals surface area contributed by atoms with Crippen LogP contribution in [0, 0.1) is 26.6 Å². The number of benzene rings is 2. The average Bonchev–Trinajstić information content (AvgIpc) is 2.69. The number of hydrogen-bond donors (Lipinski definition) is 2. The van der Waals surface area contributed by atoms with Crippen LogP contribution in [0.15, 0.2) is 62.3 Å². The summed E-state index contributed by atoms with van der Waals surface area (Å²) in [5.41, 5.74) is 1.39. The number of carbonyl (C=O) groups excluding carboxylic acids is 1. The standard InChI is InChI=1S/C21H20FN3O4S2/c1-12-4-7-17(14(3)8-12)31(28,29)18-10-23-21(25-20(18)27)30-11-19(26)24-15-6-5-13(2)16(22)9-15/h4-10H,11H2,1-3H3,(H,24,26)(H,23,25,27). The normalized spacial score (nSPS) is 11.4. The number of carbonyl (C=O) groups is 1. The van der Waals surface area contributed by atoms with Gasteiger partial charge in [-0.15, -0.1) is 0 Å². The summed E-state index contributed by atoms with van der Waals surface area (Å²) in [7, 11) is -4.04. The molecule has 2 aromatic carbocycles. The summed E-state index contributed by atoms with van der Waals surface area (Å²) in [4.78, 5) is 30.4. The van der Waals surface area contributed by atoms with Gasteiger partial charge in [0, 0.05) is 5.69 Å². The molecule has 7 nitrogen and oxygen atoms in total. The molecule has 0 aliphatic carbocycles. The van der Waals surface area contributed by atoms with Crippen molar-refractivity contribution >= 4 is 33.2 Å². The SMILES string of the molecule is Cc1ccc(S(=O)(=O)c2cnc(SCC(=O)Nc3ccc(C)c(F)c3)[nH]c2=O)c(C)c1. The Labute approximate surface area is 183 Å². The Hall–Kier alpha value is -2.98. The smallest absolute Gasteiger partial charge is 0.270 e. The number of H-pyrrole nitrogens is 1. The second kappa shape index (κ2) is 9.03. The first-order chi connectivity index (χ1) is 14.6. The molecule has 2 N–H and O–H groups in total. The van der Waals surface area contributed by atoms with Crippen molar-refractivity contribution in [2.75, 3.05) is 11.1 Å². The van der Waals surface area contributed by atoms with Crippen LogP contribution in [0.3, 0.4) is 0 Å². The number of aromatic amines is 1. The summed E-state index contributed by atoms with van der Waals surface area (Å²) >= 11 is 0.922. The van der Waals surface area contributed by atoms with Crippen LogP contribution in [-0.4, -0.2) is 30.0 Å². The maximum Gasteiger partial charge on any atom is 0.270 e. The number of hydrogen-bond acceptors (Lipinski definition) is 6. The van der Waals surface area contributed by atoms with E-state index in [4.69, 9.17) is 0 Å². The van der Waals surface area contributed by atoms with Gasteiger partial charge in [-0.3, -0.25) is 9.59 Å². The predicted octanol–water partition coefficient (Wildman–Crippen LogP) is 3.40. The summed E-state index contributed by atoms with van der Waals surface area (Å²) in [6, 6.07) is 9.17. The highest BCUT2D eigenvalue weighted by atomic mass is 32.2. The molecule has 1 heterocycles. The number of aromatic nitrogens is 2. The van der Waals surface area contributed by atoms with Gasteiger partial charge in [-0.1, -0.05) is 35.5 Å². The highest BCUT2D eigenvalue weighted by Gasteiger charge is 2.24. The molecule has 3 aromatic rings. The van der Waals surface area contributed by atoms with E-state index in [0.717, 1.165) is 23.5 Å². The van der Waals surface area contributed by atoms with Crippen molar-refractivity contribution in [3.05, 3.63) is 75.5 Å². The molecule has 162 valence electrons. The minimum Gasteiger partial charge on any atom is -0.325 e. The van der Waals surface area contributed by atoms with E-state index in [-0.39, 0.29) is 15.8 Å². The van der Waals surface area contributed by atoms with E-state index < -0.39 is 32.0 Å². The van der Waals surface area contributed by atoms with Crippen LogP contribution in [0.4, 0.5) is 10.1 Å². The van der Waals surface area contributed by atoms with Crippen LogP contribution in [0.5, 0.6) is 0 Å². The van der Waals surface area contributed by atoms with Gasteiger partial charge in [0.15, 0.2) is 10.1 Å². The Balaban J connectivity index is 1.72. The van der Waals surface area contributed by atoms with Gasteiger partial charge in [-0.05, 0) is 50.1 Å². The van der Waals surface area contributed by atoms with Crippen molar-refractivity contribution < 1.29 is 17.6 Å². The Morgan fingerprint density at radius 1 is 1.10 bits per heavy atom. The lowest BCUT2D eigenvalue weighted by Crippen LogP contribution is -2.20. The monoisotopic (exact) mass is 461 g/mol. The molecule has 0 unspecified atom stereocenters. The summed E-state index contributed by atoms with van der Waals surface area (Å²) in [6.45, 7) is 5.11. The van der Waals surface area contributed by atoms with E-state index in [2.05, 4.69) is 15.3 Å². The zero-order valence-corrected chi connectivity index (χ0v) is 18.7. The van der Waals surface area contributed by atoms with E-state index in [0.29, 0.717) is 16.8 Å². The summed E-state index contributed by atoms with van der Waals surface area (Å²) < 4.78 is 39.3. The van der Waals surface area contributed by atoms with Crippen LogP contribution < -0.4 is 10.9 Å². The van der Waals surface area contributed by atoms with Crippen molar-refractivity contribution in [2.45, 2.75) is 35.7 Å². The number of aryl methyl sites for hydroxylation is 3. The first-order valence-electron chi connectivity index (χ1n) is 9.18. The number of sulfone groups is 1. The molecule has 0 spiro atoms. The average molecular weight is 462 g/mol. The Kier molecular flexibility index (Phi) is 6.61. The number of nitrogens with zero attached hydrogens (tertiary/aromatic N) is 1. The third kappa shape index (κ3) is 5.20. The quantitative estimate of drug-likeness (QED) is 0.430. The molecule has 1 aromatic heterocycles. The zero-order chi connectivity index (χ0) is 22.8. The summed E-state index contributed by atoms with van der Waals surface area (Å²) in [6.07, 6.45) is 0.989. The highest BCUT2D eigenvalue weighted by molar-refractivity contribution is 7.99. The molecule has 0 saturated heterocycles. The first kappa shape index (κ1) is 22.7. The van der Waals surface area contributed by atoms with Crippen LogP contribution >= 0.6 is 11.8 Å². The van der Waals surface area contributed by atoms with E-state index in [9.17, 15) is 22.4 Å². The van der Waals surface area contributed by atoms with Crippen molar-refractivity contribution in [1.82, 2.24) is 9.97 Å². The Morgan fingerprint density at radius 2 is 1.84 bits per heavy atom. The maximum atomic E-state index is 13.6. The molecule has 10 heteroatoms. The summed E-state index contributed by atoms with van der Waals surface area (Å²) in [5, 5.41) is 2.64. The molecule has 0 saturated carbocycles. The lowest BCUT2D eigenvalue weighted by atomic mass is 10.2. The second-order valence-electron chi connectivity index (χ2n) is 6.95. The third-order valence-corrected chi connectivity index (χ3v) is 7.24. The van der Waals surface area contributed by atoms with Crippen molar-refractivity contribution in [1.29, 1.82) is 0 Å². The Bertz CT molecular complexity index is 1320. The predicted molar refractivity (Wildman–Crippen MR) is 117 cm³/mol.